The number of likely N-dealkylation sites (tertiary alicyclic amines) is 1. The lowest BCUT2D eigenvalue weighted by Crippen LogP contribution is -2.44. The van der Waals surface area contributed by atoms with Gasteiger partial charge in [-0.15, -0.1) is 0 Å². The van der Waals surface area contributed by atoms with Crippen molar-refractivity contribution < 1.29 is 9.90 Å². The Morgan fingerprint density at radius 1 is 1.28 bits per heavy atom. The standard InChI is InChI=1S/C20H27N3O2/c1-3-22-14-19(15(2)21-22)20(25)23-13-5-4-6-17(23)10-7-16-8-11-18(24)12-9-16/h8-9,11-12,14,17,24H,3-7,10,13H2,1-2H3/t17-/m0/s1. The van der Waals surface area contributed by atoms with E-state index in [1.54, 1.807) is 12.1 Å². The fourth-order valence-corrected chi connectivity index (χ4v) is 3.61. The number of hydrogen-bond donors (Lipinski definition) is 1. The molecule has 5 nitrogen and oxygen atoms in total. The van der Waals surface area contributed by atoms with Crippen molar-refractivity contribution in [3.63, 3.8) is 0 Å². The maximum absolute atomic E-state index is 13.1. The van der Waals surface area contributed by atoms with Crippen LogP contribution in [-0.4, -0.2) is 38.3 Å². The van der Waals surface area contributed by atoms with E-state index < -0.39 is 0 Å². The van der Waals surface area contributed by atoms with E-state index in [4.69, 9.17) is 0 Å². The van der Waals surface area contributed by atoms with Gasteiger partial charge in [0.05, 0.1) is 11.3 Å². The minimum atomic E-state index is 0.118. The quantitative estimate of drug-likeness (QED) is 0.905. The fourth-order valence-electron chi connectivity index (χ4n) is 3.61. The second kappa shape index (κ2) is 7.72. The molecule has 1 aliphatic heterocycles. The number of aromatic nitrogens is 2. The Morgan fingerprint density at radius 3 is 2.72 bits per heavy atom. The lowest BCUT2D eigenvalue weighted by Gasteiger charge is -2.36. The number of phenolic OH excluding ortho intramolecular Hbond substituents is 1. The van der Waals surface area contributed by atoms with Gasteiger partial charge < -0.3 is 10.0 Å². The Kier molecular flexibility index (Phi) is 5.41. The van der Waals surface area contributed by atoms with Gasteiger partial charge in [0, 0.05) is 25.3 Å². The van der Waals surface area contributed by atoms with Gasteiger partial charge in [-0.1, -0.05) is 12.1 Å². The molecular formula is C20H27N3O2. The van der Waals surface area contributed by atoms with Crippen molar-refractivity contribution in [1.29, 1.82) is 0 Å². The molecule has 0 unspecified atom stereocenters. The van der Waals surface area contributed by atoms with Gasteiger partial charge in [0.1, 0.15) is 5.75 Å². The number of hydrogen-bond acceptors (Lipinski definition) is 3. The molecule has 1 saturated heterocycles. The molecule has 2 heterocycles. The molecule has 3 rings (SSSR count). The molecule has 0 aliphatic carbocycles. The van der Waals surface area contributed by atoms with Gasteiger partial charge in [-0.2, -0.15) is 5.10 Å². The van der Waals surface area contributed by atoms with E-state index in [0.717, 1.165) is 50.0 Å². The third kappa shape index (κ3) is 4.03. The molecule has 25 heavy (non-hydrogen) atoms. The van der Waals surface area contributed by atoms with Crippen LogP contribution in [0.15, 0.2) is 30.5 Å². The predicted octanol–water partition coefficient (Wildman–Crippen LogP) is 3.54. The minimum absolute atomic E-state index is 0.118. The number of rotatable bonds is 5. The highest BCUT2D eigenvalue weighted by molar-refractivity contribution is 5.95. The Labute approximate surface area is 149 Å². The molecule has 1 aromatic heterocycles. The molecule has 1 aliphatic rings. The topological polar surface area (TPSA) is 58.4 Å². The number of aryl methyl sites for hydroxylation is 3. The van der Waals surface area contributed by atoms with E-state index in [1.807, 2.05) is 41.8 Å². The Hall–Kier alpha value is -2.30. The summed E-state index contributed by atoms with van der Waals surface area (Å²) in [6, 6.07) is 7.64. The highest BCUT2D eigenvalue weighted by atomic mass is 16.3. The zero-order chi connectivity index (χ0) is 17.8. The fraction of sp³-hybridized carbons (Fsp3) is 0.500. The summed E-state index contributed by atoms with van der Waals surface area (Å²) in [6.45, 7) is 5.55. The Morgan fingerprint density at radius 2 is 2.04 bits per heavy atom. The Balaban J connectivity index is 1.70. The first-order valence-corrected chi connectivity index (χ1v) is 9.21. The summed E-state index contributed by atoms with van der Waals surface area (Å²) in [5.41, 5.74) is 2.75. The molecule has 134 valence electrons. The van der Waals surface area contributed by atoms with Crippen molar-refractivity contribution in [2.24, 2.45) is 0 Å². The summed E-state index contributed by atoms with van der Waals surface area (Å²) in [4.78, 5) is 15.1. The third-order valence-electron chi connectivity index (χ3n) is 5.09. The third-order valence-corrected chi connectivity index (χ3v) is 5.09. The van der Waals surface area contributed by atoms with Gasteiger partial charge in [-0.05, 0) is 63.6 Å². The molecule has 1 fully saturated rings. The largest absolute Gasteiger partial charge is 0.508 e. The summed E-state index contributed by atoms with van der Waals surface area (Å²) in [7, 11) is 0. The van der Waals surface area contributed by atoms with Crippen molar-refractivity contribution in [2.75, 3.05) is 6.54 Å². The first kappa shape index (κ1) is 17.5. The molecular weight excluding hydrogens is 314 g/mol. The zero-order valence-electron chi connectivity index (χ0n) is 15.1. The van der Waals surface area contributed by atoms with Crippen molar-refractivity contribution in [3.05, 3.63) is 47.3 Å². The molecule has 2 aromatic rings. The number of amides is 1. The summed E-state index contributed by atoms with van der Waals surface area (Å²) in [6.07, 6.45) is 7.06. The van der Waals surface area contributed by atoms with E-state index >= 15 is 0 Å². The lowest BCUT2D eigenvalue weighted by molar-refractivity contribution is 0.0601. The predicted molar refractivity (Wildman–Crippen MR) is 97.7 cm³/mol. The van der Waals surface area contributed by atoms with Crippen molar-refractivity contribution in [2.45, 2.75) is 58.5 Å². The molecule has 0 spiro atoms. The maximum Gasteiger partial charge on any atom is 0.257 e. The first-order chi connectivity index (χ1) is 12.1. The van der Waals surface area contributed by atoms with Crippen LogP contribution in [0.5, 0.6) is 5.75 Å². The van der Waals surface area contributed by atoms with Crippen LogP contribution in [0.25, 0.3) is 0 Å². The van der Waals surface area contributed by atoms with Crippen molar-refractivity contribution in [1.82, 2.24) is 14.7 Å². The molecule has 1 atom stereocenters. The molecule has 0 saturated carbocycles. The van der Waals surface area contributed by atoms with Gasteiger partial charge in [0.25, 0.3) is 5.91 Å². The molecule has 0 bridgehead atoms. The SMILES string of the molecule is CCn1cc(C(=O)N2CCCC[C@H]2CCc2ccc(O)cc2)c(C)n1. The molecule has 1 N–H and O–H groups in total. The normalized spacial score (nSPS) is 17.7. The monoisotopic (exact) mass is 341 g/mol. The number of phenols is 1. The smallest absolute Gasteiger partial charge is 0.257 e. The number of nitrogens with zero attached hydrogens (tertiary/aromatic N) is 3. The van der Waals surface area contributed by atoms with E-state index in [-0.39, 0.29) is 11.9 Å². The summed E-state index contributed by atoms with van der Waals surface area (Å²) < 4.78 is 1.83. The van der Waals surface area contributed by atoms with Gasteiger partial charge >= 0.3 is 0 Å². The van der Waals surface area contributed by atoms with Crippen LogP contribution in [0, 0.1) is 6.92 Å². The van der Waals surface area contributed by atoms with Crippen molar-refractivity contribution in [3.8, 4) is 5.75 Å². The van der Waals surface area contributed by atoms with Gasteiger partial charge in [0.2, 0.25) is 0 Å². The average Bonchev–Trinajstić information content (AvgIpc) is 3.02. The number of benzene rings is 1. The summed E-state index contributed by atoms with van der Waals surface area (Å²) >= 11 is 0. The van der Waals surface area contributed by atoms with Crippen molar-refractivity contribution >= 4 is 5.91 Å². The number of aromatic hydroxyl groups is 1. The van der Waals surface area contributed by atoms with Gasteiger partial charge in [-0.3, -0.25) is 9.48 Å². The molecule has 1 amide bonds. The second-order valence-corrected chi connectivity index (χ2v) is 6.84. The Bertz CT molecular complexity index is 721. The molecule has 5 heteroatoms. The first-order valence-electron chi connectivity index (χ1n) is 9.21. The van der Waals surface area contributed by atoms with Crippen LogP contribution in [-0.2, 0) is 13.0 Å². The minimum Gasteiger partial charge on any atom is -0.508 e. The van der Waals surface area contributed by atoms with Crippen LogP contribution >= 0.6 is 0 Å². The number of carbonyl (C=O) groups is 1. The van der Waals surface area contributed by atoms with Crippen LogP contribution in [0.3, 0.4) is 0 Å². The average molecular weight is 341 g/mol. The molecule has 1 aromatic carbocycles. The number of piperidine rings is 1. The van der Waals surface area contributed by atoms with E-state index in [0.29, 0.717) is 5.75 Å². The maximum atomic E-state index is 13.1. The van der Waals surface area contributed by atoms with Crippen LogP contribution in [0.2, 0.25) is 0 Å². The van der Waals surface area contributed by atoms with E-state index in [1.165, 1.54) is 12.0 Å². The molecule has 0 radical (unpaired) electrons. The summed E-state index contributed by atoms with van der Waals surface area (Å²) in [5, 5.41) is 13.8. The highest BCUT2D eigenvalue weighted by Crippen LogP contribution is 2.24. The van der Waals surface area contributed by atoms with E-state index in [2.05, 4.69) is 5.10 Å². The van der Waals surface area contributed by atoms with Crippen LogP contribution in [0.1, 0.15) is 54.2 Å². The van der Waals surface area contributed by atoms with Crippen LogP contribution in [0.4, 0.5) is 0 Å². The highest BCUT2D eigenvalue weighted by Gasteiger charge is 2.29. The lowest BCUT2D eigenvalue weighted by atomic mass is 9.95. The van der Waals surface area contributed by atoms with Crippen LogP contribution < -0.4 is 0 Å². The number of carbonyl (C=O) groups excluding carboxylic acids is 1. The summed E-state index contributed by atoms with van der Waals surface area (Å²) in [5.74, 6) is 0.411. The van der Waals surface area contributed by atoms with Gasteiger partial charge in [0.15, 0.2) is 0 Å². The second-order valence-electron chi connectivity index (χ2n) is 6.84. The van der Waals surface area contributed by atoms with Gasteiger partial charge in [-0.25, -0.2) is 0 Å². The zero-order valence-corrected chi connectivity index (χ0v) is 15.1. The van der Waals surface area contributed by atoms with E-state index in [9.17, 15) is 9.90 Å².